The maximum atomic E-state index is 12.1. The van der Waals surface area contributed by atoms with E-state index in [1.807, 2.05) is 0 Å². The molecule has 9 nitrogen and oxygen atoms in total. The molecule has 0 radical (unpaired) electrons. The molecule has 9 heteroatoms. The Morgan fingerprint density at radius 2 is 1.83 bits per heavy atom. The summed E-state index contributed by atoms with van der Waals surface area (Å²) >= 11 is 0. The first-order chi connectivity index (χ1) is 14.3. The minimum atomic E-state index is -0.630. The number of carbonyl (C=O) groups excluding carboxylic acids is 3. The number of esters is 1. The van der Waals surface area contributed by atoms with Crippen LogP contribution in [0, 0.1) is 17.0 Å². The molecular formula is C21H22N2O7. The van der Waals surface area contributed by atoms with Crippen molar-refractivity contribution in [2.24, 2.45) is 0 Å². The second kappa shape index (κ2) is 10.7. The summed E-state index contributed by atoms with van der Waals surface area (Å²) in [6, 6.07) is 11.0. The van der Waals surface area contributed by atoms with Gasteiger partial charge in [0.15, 0.2) is 6.61 Å². The largest absolute Gasteiger partial charge is 0.495 e. The minimum absolute atomic E-state index is 0.0410. The van der Waals surface area contributed by atoms with Gasteiger partial charge >= 0.3 is 5.97 Å². The molecule has 30 heavy (non-hydrogen) atoms. The van der Waals surface area contributed by atoms with Crippen molar-refractivity contribution in [3.8, 4) is 5.75 Å². The second-order valence-electron chi connectivity index (χ2n) is 6.44. The number of para-hydroxylation sites is 2. The van der Waals surface area contributed by atoms with Gasteiger partial charge < -0.3 is 14.8 Å². The number of rotatable bonds is 10. The minimum Gasteiger partial charge on any atom is -0.495 e. The van der Waals surface area contributed by atoms with Crippen LogP contribution in [0.15, 0.2) is 42.5 Å². The molecule has 0 aliphatic heterocycles. The number of nitro groups is 1. The molecule has 2 rings (SSSR count). The van der Waals surface area contributed by atoms with Crippen molar-refractivity contribution in [2.75, 3.05) is 19.0 Å². The molecule has 0 unspecified atom stereocenters. The number of nitrogens with zero attached hydrogens (tertiary/aromatic N) is 1. The molecule has 158 valence electrons. The maximum Gasteiger partial charge on any atom is 0.306 e. The standard InChI is InChI=1S/C21H22N2O7/c1-14-10-11-15(12-17(14)23(27)28)18(24)13-30-21(26)9-5-8-20(25)22-16-6-3-4-7-19(16)29-2/h3-4,6-7,10-12H,5,8-9,13H2,1-2H3,(H,22,25). The quantitative estimate of drug-likeness (QED) is 0.273. The van der Waals surface area contributed by atoms with Crippen molar-refractivity contribution in [3.05, 3.63) is 63.7 Å². The number of hydrogen-bond donors (Lipinski definition) is 1. The normalized spacial score (nSPS) is 10.2. The summed E-state index contributed by atoms with van der Waals surface area (Å²) in [6.45, 7) is 1.04. The van der Waals surface area contributed by atoms with E-state index in [0.29, 0.717) is 17.0 Å². The van der Waals surface area contributed by atoms with Crippen LogP contribution in [-0.4, -0.2) is 36.3 Å². The molecule has 0 saturated carbocycles. The van der Waals surface area contributed by atoms with E-state index in [9.17, 15) is 24.5 Å². The Morgan fingerprint density at radius 3 is 2.53 bits per heavy atom. The average molecular weight is 414 g/mol. The van der Waals surface area contributed by atoms with E-state index in [0.717, 1.165) is 6.07 Å². The van der Waals surface area contributed by atoms with Crippen molar-refractivity contribution in [1.29, 1.82) is 0 Å². The van der Waals surface area contributed by atoms with Crippen LogP contribution in [0.2, 0.25) is 0 Å². The number of nitro benzene ring substituents is 1. The van der Waals surface area contributed by atoms with Gasteiger partial charge in [-0.1, -0.05) is 24.3 Å². The molecule has 0 heterocycles. The van der Waals surface area contributed by atoms with E-state index in [-0.39, 0.29) is 36.4 Å². The van der Waals surface area contributed by atoms with E-state index >= 15 is 0 Å². The number of anilines is 1. The molecule has 0 aliphatic rings. The van der Waals surface area contributed by atoms with Crippen LogP contribution in [0.4, 0.5) is 11.4 Å². The summed E-state index contributed by atoms with van der Waals surface area (Å²) in [5.41, 5.74) is 0.884. The van der Waals surface area contributed by atoms with E-state index < -0.39 is 23.3 Å². The highest BCUT2D eigenvalue weighted by Gasteiger charge is 2.16. The SMILES string of the molecule is COc1ccccc1NC(=O)CCCC(=O)OCC(=O)c1ccc(C)c([N+](=O)[O-])c1. The molecule has 2 aromatic rings. The van der Waals surface area contributed by atoms with Crippen molar-refractivity contribution in [2.45, 2.75) is 26.2 Å². The zero-order valence-corrected chi connectivity index (χ0v) is 16.7. The Morgan fingerprint density at radius 1 is 1.10 bits per heavy atom. The van der Waals surface area contributed by atoms with Gasteiger partial charge in [-0.3, -0.25) is 24.5 Å². The van der Waals surface area contributed by atoms with Crippen LogP contribution < -0.4 is 10.1 Å². The highest BCUT2D eigenvalue weighted by Crippen LogP contribution is 2.23. The van der Waals surface area contributed by atoms with Gasteiger partial charge in [0.1, 0.15) is 5.75 Å². The summed E-state index contributed by atoms with van der Waals surface area (Å²) in [6.07, 6.45) is 0.288. The summed E-state index contributed by atoms with van der Waals surface area (Å²) in [4.78, 5) is 46.3. The summed E-state index contributed by atoms with van der Waals surface area (Å²) < 4.78 is 10.1. The molecule has 0 fully saturated rings. The van der Waals surface area contributed by atoms with Crippen LogP contribution in [-0.2, 0) is 14.3 Å². The third-order valence-corrected chi connectivity index (χ3v) is 4.26. The van der Waals surface area contributed by atoms with E-state index in [1.165, 1.54) is 19.2 Å². The van der Waals surface area contributed by atoms with Crippen molar-refractivity contribution >= 4 is 29.0 Å². The van der Waals surface area contributed by atoms with Gasteiger partial charge in [0, 0.05) is 30.0 Å². The lowest BCUT2D eigenvalue weighted by Gasteiger charge is -2.09. The molecule has 0 aliphatic carbocycles. The lowest BCUT2D eigenvalue weighted by atomic mass is 10.1. The van der Waals surface area contributed by atoms with Gasteiger partial charge in [-0.2, -0.15) is 0 Å². The zero-order valence-electron chi connectivity index (χ0n) is 16.7. The Hall–Kier alpha value is -3.75. The lowest BCUT2D eigenvalue weighted by molar-refractivity contribution is -0.385. The fourth-order valence-electron chi connectivity index (χ4n) is 2.63. The molecule has 0 bridgehead atoms. The topological polar surface area (TPSA) is 125 Å². The number of methoxy groups -OCH3 is 1. The zero-order chi connectivity index (χ0) is 22.1. The van der Waals surface area contributed by atoms with Crippen LogP contribution >= 0.6 is 0 Å². The second-order valence-corrected chi connectivity index (χ2v) is 6.44. The van der Waals surface area contributed by atoms with Gasteiger partial charge in [0.2, 0.25) is 11.7 Å². The molecule has 1 amide bonds. The van der Waals surface area contributed by atoms with Crippen LogP contribution in [0.5, 0.6) is 5.75 Å². The highest BCUT2D eigenvalue weighted by atomic mass is 16.6. The van der Waals surface area contributed by atoms with Crippen molar-refractivity contribution < 1.29 is 28.8 Å². The van der Waals surface area contributed by atoms with Crippen LogP contribution in [0.3, 0.4) is 0 Å². The lowest BCUT2D eigenvalue weighted by Crippen LogP contribution is -2.16. The first-order valence-corrected chi connectivity index (χ1v) is 9.18. The van der Waals surface area contributed by atoms with Gasteiger partial charge in [-0.25, -0.2) is 0 Å². The highest BCUT2D eigenvalue weighted by molar-refractivity contribution is 5.98. The fraction of sp³-hybridized carbons (Fsp3) is 0.286. The average Bonchev–Trinajstić information content (AvgIpc) is 2.72. The van der Waals surface area contributed by atoms with Crippen molar-refractivity contribution in [3.63, 3.8) is 0 Å². The van der Waals surface area contributed by atoms with E-state index in [2.05, 4.69) is 5.32 Å². The Bertz CT molecular complexity index is 956. The molecule has 1 N–H and O–H groups in total. The van der Waals surface area contributed by atoms with Crippen molar-refractivity contribution in [1.82, 2.24) is 0 Å². The summed E-state index contributed by atoms with van der Waals surface area (Å²) in [5, 5.41) is 13.7. The Balaban J connectivity index is 1.76. The third-order valence-electron chi connectivity index (χ3n) is 4.26. The number of Topliss-reactive ketones (excluding diaryl/α,β-unsaturated/α-hetero) is 1. The number of ketones is 1. The molecule has 2 aromatic carbocycles. The molecule has 0 spiro atoms. The Kier molecular flexibility index (Phi) is 8.04. The van der Waals surface area contributed by atoms with Gasteiger partial charge in [0.25, 0.3) is 5.69 Å². The number of carbonyl (C=O) groups is 3. The van der Waals surface area contributed by atoms with Crippen LogP contribution in [0.1, 0.15) is 35.2 Å². The number of hydrogen-bond acceptors (Lipinski definition) is 7. The number of nitrogens with one attached hydrogen (secondary N) is 1. The van der Waals surface area contributed by atoms with Gasteiger partial charge in [-0.05, 0) is 25.5 Å². The van der Waals surface area contributed by atoms with E-state index in [4.69, 9.17) is 9.47 Å². The van der Waals surface area contributed by atoms with Gasteiger partial charge in [-0.15, -0.1) is 0 Å². The molecule has 0 atom stereocenters. The number of ether oxygens (including phenoxy) is 2. The predicted octanol–water partition coefficient (Wildman–Crippen LogP) is 3.45. The Labute approximate surface area is 173 Å². The van der Waals surface area contributed by atoms with Crippen LogP contribution in [0.25, 0.3) is 0 Å². The summed E-state index contributed by atoms with van der Waals surface area (Å²) in [7, 11) is 1.50. The predicted molar refractivity (Wildman–Crippen MR) is 109 cm³/mol. The fourth-order valence-corrected chi connectivity index (χ4v) is 2.63. The number of benzene rings is 2. The molecule has 0 saturated heterocycles. The number of aryl methyl sites for hydroxylation is 1. The van der Waals surface area contributed by atoms with E-state index in [1.54, 1.807) is 31.2 Å². The molecular weight excluding hydrogens is 392 g/mol. The monoisotopic (exact) mass is 414 g/mol. The smallest absolute Gasteiger partial charge is 0.306 e. The molecule has 0 aromatic heterocycles. The first-order valence-electron chi connectivity index (χ1n) is 9.18. The third kappa shape index (κ3) is 6.40. The number of amides is 1. The maximum absolute atomic E-state index is 12.1. The first kappa shape index (κ1) is 22.5. The van der Waals surface area contributed by atoms with Gasteiger partial charge in [0.05, 0.1) is 17.7 Å². The summed E-state index contributed by atoms with van der Waals surface area (Å²) in [5.74, 6) is -0.925.